The maximum absolute atomic E-state index is 11.5. The second kappa shape index (κ2) is 6.23. The van der Waals surface area contributed by atoms with Crippen molar-refractivity contribution in [1.29, 1.82) is 0 Å². The first-order valence-electron chi connectivity index (χ1n) is 7.37. The van der Waals surface area contributed by atoms with Gasteiger partial charge >= 0.3 is 0 Å². The number of nitrogen functional groups attached to an aromatic ring is 1. The standard InChI is InChI=1S/C13H25N5O2S/c1-4-7-18-13(12(14)10(2)16-18)15-11-5-8-17(9-6-11)21(3,19)20/h11,15H,4-9,14H2,1-3H3. The van der Waals surface area contributed by atoms with Gasteiger partial charge in [0.25, 0.3) is 0 Å². The summed E-state index contributed by atoms with van der Waals surface area (Å²) in [6, 6.07) is 0.233. The molecule has 3 N–H and O–H groups in total. The number of nitrogens with zero attached hydrogens (tertiary/aromatic N) is 3. The van der Waals surface area contributed by atoms with Crippen LogP contribution in [0.4, 0.5) is 11.5 Å². The van der Waals surface area contributed by atoms with E-state index in [2.05, 4.69) is 17.3 Å². The molecule has 0 unspecified atom stereocenters. The van der Waals surface area contributed by atoms with Gasteiger partial charge in [0, 0.05) is 25.7 Å². The number of aromatic nitrogens is 2. The fourth-order valence-electron chi connectivity index (χ4n) is 2.65. The summed E-state index contributed by atoms with van der Waals surface area (Å²) in [5, 5.41) is 7.89. The van der Waals surface area contributed by atoms with Gasteiger partial charge in [0.1, 0.15) is 5.82 Å². The molecule has 8 heteroatoms. The van der Waals surface area contributed by atoms with Crippen LogP contribution in [0.15, 0.2) is 0 Å². The van der Waals surface area contributed by atoms with Crippen molar-refractivity contribution in [2.45, 2.75) is 45.7 Å². The summed E-state index contributed by atoms with van der Waals surface area (Å²) in [6.07, 6.45) is 3.81. The summed E-state index contributed by atoms with van der Waals surface area (Å²) < 4.78 is 26.5. The van der Waals surface area contributed by atoms with E-state index in [0.29, 0.717) is 18.8 Å². The molecule has 21 heavy (non-hydrogen) atoms. The minimum atomic E-state index is -3.08. The van der Waals surface area contributed by atoms with E-state index < -0.39 is 10.0 Å². The molecule has 0 spiro atoms. The monoisotopic (exact) mass is 315 g/mol. The Morgan fingerprint density at radius 1 is 1.38 bits per heavy atom. The summed E-state index contributed by atoms with van der Waals surface area (Å²) >= 11 is 0. The predicted octanol–water partition coefficient (Wildman–Crippen LogP) is 1.02. The lowest BCUT2D eigenvalue weighted by Crippen LogP contribution is -2.42. The molecule has 0 saturated carbocycles. The molecule has 1 aliphatic heterocycles. The number of hydrogen-bond acceptors (Lipinski definition) is 5. The molecule has 0 aliphatic carbocycles. The molecular formula is C13H25N5O2S. The molecule has 1 saturated heterocycles. The average molecular weight is 315 g/mol. The maximum atomic E-state index is 11.5. The molecule has 1 aliphatic rings. The van der Waals surface area contributed by atoms with Crippen LogP contribution in [0.25, 0.3) is 0 Å². The molecule has 0 amide bonds. The Kier molecular flexibility index (Phi) is 4.77. The number of aryl methyl sites for hydroxylation is 2. The number of anilines is 2. The van der Waals surface area contributed by atoms with E-state index >= 15 is 0 Å². The van der Waals surface area contributed by atoms with E-state index in [4.69, 9.17) is 5.73 Å². The van der Waals surface area contributed by atoms with Gasteiger partial charge in [-0.25, -0.2) is 17.4 Å². The number of sulfonamides is 1. The average Bonchev–Trinajstić information content (AvgIpc) is 2.67. The van der Waals surface area contributed by atoms with E-state index in [1.54, 1.807) is 0 Å². The lowest BCUT2D eigenvalue weighted by molar-refractivity contribution is 0.331. The molecule has 0 atom stereocenters. The lowest BCUT2D eigenvalue weighted by atomic mass is 10.1. The molecule has 0 bridgehead atoms. The topological polar surface area (TPSA) is 93.2 Å². The highest BCUT2D eigenvalue weighted by molar-refractivity contribution is 7.88. The first-order chi connectivity index (χ1) is 9.82. The van der Waals surface area contributed by atoms with Crippen LogP contribution in [0.2, 0.25) is 0 Å². The number of rotatable bonds is 5. The van der Waals surface area contributed by atoms with Crippen molar-refractivity contribution < 1.29 is 8.42 Å². The summed E-state index contributed by atoms with van der Waals surface area (Å²) in [5.41, 5.74) is 7.62. The Labute approximate surface area is 126 Å². The highest BCUT2D eigenvalue weighted by Gasteiger charge is 2.26. The van der Waals surface area contributed by atoms with Crippen molar-refractivity contribution in [3.8, 4) is 0 Å². The maximum Gasteiger partial charge on any atom is 0.211 e. The van der Waals surface area contributed by atoms with Gasteiger partial charge in [0.15, 0.2) is 0 Å². The third-order valence-corrected chi connectivity index (χ3v) is 5.18. The van der Waals surface area contributed by atoms with E-state index in [9.17, 15) is 8.42 Å². The van der Waals surface area contributed by atoms with E-state index in [1.165, 1.54) is 10.6 Å². The third-order valence-electron chi connectivity index (χ3n) is 3.87. The van der Waals surface area contributed by atoms with Crippen LogP contribution >= 0.6 is 0 Å². The molecule has 7 nitrogen and oxygen atoms in total. The van der Waals surface area contributed by atoms with Gasteiger partial charge in [0.05, 0.1) is 17.6 Å². The molecule has 1 aromatic rings. The summed E-state index contributed by atoms with van der Waals surface area (Å²) in [6.45, 7) is 5.93. The first kappa shape index (κ1) is 16.1. The molecule has 0 aromatic carbocycles. The summed E-state index contributed by atoms with van der Waals surface area (Å²) in [4.78, 5) is 0. The SMILES string of the molecule is CCCn1nc(C)c(N)c1NC1CCN(S(C)(=O)=O)CC1. The van der Waals surface area contributed by atoms with Gasteiger partial charge in [0.2, 0.25) is 10.0 Å². The molecule has 1 aromatic heterocycles. The molecule has 2 heterocycles. The van der Waals surface area contributed by atoms with Gasteiger partial charge in [-0.1, -0.05) is 6.92 Å². The minimum absolute atomic E-state index is 0.233. The Bertz CT molecular complexity index is 588. The van der Waals surface area contributed by atoms with Crippen LogP contribution in [0, 0.1) is 6.92 Å². The van der Waals surface area contributed by atoms with Gasteiger partial charge in [-0.3, -0.25) is 0 Å². The largest absolute Gasteiger partial charge is 0.394 e. The summed E-state index contributed by atoms with van der Waals surface area (Å²) in [5.74, 6) is 0.868. The fourth-order valence-corrected chi connectivity index (χ4v) is 3.52. The summed E-state index contributed by atoms with van der Waals surface area (Å²) in [7, 11) is -3.08. The molecular weight excluding hydrogens is 290 g/mol. The van der Waals surface area contributed by atoms with Crippen molar-refractivity contribution >= 4 is 21.5 Å². The number of nitrogens with one attached hydrogen (secondary N) is 1. The highest BCUT2D eigenvalue weighted by atomic mass is 32.2. The minimum Gasteiger partial charge on any atom is -0.394 e. The zero-order valence-electron chi connectivity index (χ0n) is 13.0. The zero-order chi connectivity index (χ0) is 15.6. The van der Waals surface area contributed by atoms with Crippen molar-refractivity contribution in [3.05, 3.63) is 5.69 Å². The Hall–Kier alpha value is -1.28. The Morgan fingerprint density at radius 2 is 2.00 bits per heavy atom. The van der Waals surface area contributed by atoms with Gasteiger partial charge in [-0.2, -0.15) is 5.10 Å². The van der Waals surface area contributed by atoms with Crippen LogP contribution in [0.5, 0.6) is 0 Å². The predicted molar refractivity (Wildman–Crippen MR) is 84.7 cm³/mol. The molecule has 0 radical (unpaired) electrons. The normalized spacial score (nSPS) is 18.0. The zero-order valence-corrected chi connectivity index (χ0v) is 13.8. The fraction of sp³-hybridized carbons (Fsp3) is 0.769. The van der Waals surface area contributed by atoms with Crippen molar-refractivity contribution in [2.24, 2.45) is 0 Å². The van der Waals surface area contributed by atoms with Crippen LogP contribution in [0.3, 0.4) is 0 Å². The second-order valence-electron chi connectivity index (χ2n) is 5.65. The van der Waals surface area contributed by atoms with Crippen LogP contribution in [0.1, 0.15) is 31.9 Å². The lowest BCUT2D eigenvalue weighted by Gasteiger charge is -2.31. The van der Waals surface area contributed by atoms with Crippen LogP contribution in [-0.2, 0) is 16.6 Å². The number of piperidine rings is 1. The first-order valence-corrected chi connectivity index (χ1v) is 9.22. The molecule has 120 valence electrons. The van der Waals surface area contributed by atoms with Gasteiger partial charge in [-0.05, 0) is 26.2 Å². The van der Waals surface area contributed by atoms with Crippen molar-refractivity contribution in [1.82, 2.24) is 14.1 Å². The van der Waals surface area contributed by atoms with Gasteiger partial charge in [-0.15, -0.1) is 0 Å². The highest BCUT2D eigenvalue weighted by Crippen LogP contribution is 2.26. The Morgan fingerprint density at radius 3 is 2.52 bits per heavy atom. The quantitative estimate of drug-likeness (QED) is 0.846. The van der Waals surface area contributed by atoms with Gasteiger partial charge < -0.3 is 11.1 Å². The Balaban J connectivity index is 2.04. The van der Waals surface area contributed by atoms with E-state index in [0.717, 1.165) is 37.3 Å². The number of nitrogens with two attached hydrogens (primary N) is 1. The van der Waals surface area contributed by atoms with Crippen molar-refractivity contribution in [2.75, 3.05) is 30.4 Å². The third kappa shape index (κ3) is 3.68. The van der Waals surface area contributed by atoms with E-state index in [-0.39, 0.29) is 6.04 Å². The van der Waals surface area contributed by atoms with Crippen LogP contribution < -0.4 is 11.1 Å². The second-order valence-corrected chi connectivity index (χ2v) is 7.63. The molecule has 2 rings (SSSR count). The number of hydrogen-bond donors (Lipinski definition) is 2. The van der Waals surface area contributed by atoms with E-state index in [1.807, 2.05) is 11.6 Å². The van der Waals surface area contributed by atoms with Crippen molar-refractivity contribution in [3.63, 3.8) is 0 Å². The smallest absolute Gasteiger partial charge is 0.211 e. The van der Waals surface area contributed by atoms with Crippen LogP contribution in [-0.4, -0.2) is 47.9 Å². The molecule has 1 fully saturated rings.